The predicted octanol–water partition coefficient (Wildman–Crippen LogP) is 2.34. The summed E-state index contributed by atoms with van der Waals surface area (Å²) < 4.78 is 39.5. The first-order valence-electron chi connectivity index (χ1n) is 6.52. The zero-order valence-electron chi connectivity index (χ0n) is 11.5. The molecule has 0 unspecified atom stereocenters. The minimum Gasteiger partial charge on any atom is -0.349 e. The first-order valence-corrected chi connectivity index (χ1v) is 6.89. The fourth-order valence-corrected chi connectivity index (χ4v) is 2.87. The molecule has 1 aliphatic heterocycles. The minimum atomic E-state index is -4.48. The van der Waals surface area contributed by atoms with Gasteiger partial charge in [0.1, 0.15) is 5.82 Å². The molecule has 2 aromatic heterocycles. The first-order chi connectivity index (χ1) is 10.3. The molecular formula is C13H12ClF3N4O. The lowest BCUT2D eigenvalue weighted by Gasteiger charge is -2.29. The monoisotopic (exact) mass is 332 g/mol. The highest BCUT2D eigenvalue weighted by Crippen LogP contribution is 2.34. The van der Waals surface area contributed by atoms with Gasteiger partial charge in [-0.1, -0.05) is 11.6 Å². The van der Waals surface area contributed by atoms with Crippen LogP contribution in [0.3, 0.4) is 0 Å². The summed E-state index contributed by atoms with van der Waals surface area (Å²) in [4.78, 5) is 17.3. The van der Waals surface area contributed by atoms with Gasteiger partial charge < -0.3 is 4.90 Å². The number of H-pyrrole nitrogens is 1. The summed E-state index contributed by atoms with van der Waals surface area (Å²) in [6, 6.07) is 0.871. The number of fused-ring (bicyclic) bond motifs is 1. The highest BCUT2D eigenvalue weighted by atomic mass is 35.5. The van der Waals surface area contributed by atoms with E-state index in [2.05, 4.69) is 10.1 Å². The van der Waals surface area contributed by atoms with E-state index in [0.29, 0.717) is 25.1 Å². The Morgan fingerprint density at radius 3 is 2.77 bits per heavy atom. The average molecular weight is 333 g/mol. The zero-order valence-corrected chi connectivity index (χ0v) is 12.3. The maximum Gasteiger partial charge on any atom is 0.417 e. The molecule has 3 heterocycles. The smallest absolute Gasteiger partial charge is 0.349 e. The van der Waals surface area contributed by atoms with E-state index < -0.39 is 11.7 Å². The van der Waals surface area contributed by atoms with Gasteiger partial charge in [-0.25, -0.2) is 4.98 Å². The molecular weight excluding hydrogens is 321 g/mol. The third kappa shape index (κ3) is 2.47. The van der Waals surface area contributed by atoms with Crippen LogP contribution in [0.15, 0.2) is 17.1 Å². The van der Waals surface area contributed by atoms with Gasteiger partial charge >= 0.3 is 6.18 Å². The molecule has 1 N–H and O–H groups in total. The number of alkyl halides is 3. The van der Waals surface area contributed by atoms with Gasteiger partial charge in [-0.3, -0.25) is 14.6 Å². The van der Waals surface area contributed by atoms with Crippen molar-refractivity contribution in [3.05, 3.63) is 44.5 Å². The number of nitrogens with zero attached hydrogens (tertiary/aromatic N) is 3. The second-order valence-electron chi connectivity index (χ2n) is 5.12. The van der Waals surface area contributed by atoms with E-state index in [-0.39, 0.29) is 16.4 Å². The number of halogens is 4. The number of aryl methyl sites for hydroxylation is 1. The number of rotatable bonds is 1. The molecule has 0 fully saturated rings. The summed E-state index contributed by atoms with van der Waals surface area (Å²) in [5, 5.41) is 2.61. The Morgan fingerprint density at radius 1 is 1.41 bits per heavy atom. The lowest BCUT2D eigenvalue weighted by Crippen LogP contribution is -2.33. The largest absolute Gasteiger partial charge is 0.417 e. The van der Waals surface area contributed by atoms with Crippen LogP contribution >= 0.6 is 11.6 Å². The summed E-state index contributed by atoms with van der Waals surface area (Å²) in [6.07, 6.45) is -3.22. The lowest BCUT2D eigenvalue weighted by molar-refractivity contribution is -0.137. The summed E-state index contributed by atoms with van der Waals surface area (Å²) in [6.45, 7) is 0.834. The molecule has 118 valence electrons. The number of pyridine rings is 1. The quantitative estimate of drug-likeness (QED) is 0.872. The lowest BCUT2D eigenvalue weighted by atomic mass is 10.1. The standard InChI is InChI=1S/C13H12ClF3N4O/c1-20-10-6-21(3-2-8(10)12(22)19-20)11-9(14)4-7(5-18-11)13(15,16)17/h4-5H,2-3,6H2,1H3,(H,19,22). The van der Waals surface area contributed by atoms with Crippen molar-refractivity contribution in [2.24, 2.45) is 7.05 Å². The fraction of sp³-hybridized carbons (Fsp3) is 0.385. The van der Waals surface area contributed by atoms with Gasteiger partial charge in [0.05, 0.1) is 22.8 Å². The molecule has 0 saturated heterocycles. The number of hydrogen-bond donors (Lipinski definition) is 1. The van der Waals surface area contributed by atoms with E-state index in [0.717, 1.165) is 18.0 Å². The molecule has 2 aromatic rings. The molecule has 1 aliphatic rings. The van der Waals surface area contributed by atoms with Crippen LogP contribution in [0.2, 0.25) is 5.02 Å². The Balaban J connectivity index is 1.93. The summed E-state index contributed by atoms with van der Waals surface area (Å²) in [7, 11) is 1.71. The molecule has 0 saturated carbocycles. The number of nitrogens with one attached hydrogen (secondary N) is 1. The molecule has 5 nitrogen and oxygen atoms in total. The Bertz CT molecular complexity index is 781. The van der Waals surface area contributed by atoms with Crippen molar-refractivity contribution >= 4 is 17.4 Å². The summed E-state index contributed by atoms with van der Waals surface area (Å²) in [5.74, 6) is 0.286. The van der Waals surface area contributed by atoms with E-state index in [4.69, 9.17) is 11.6 Å². The van der Waals surface area contributed by atoms with Crippen LogP contribution in [0.4, 0.5) is 19.0 Å². The van der Waals surface area contributed by atoms with Crippen molar-refractivity contribution in [3.8, 4) is 0 Å². The third-order valence-electron chi connectivity index (χ3n) is 3.72. The molecule has 22 heavy (non-hydrogen) atoms. The number of anilines is 1. The Hall–Kier alpha value is -1.96. The predicted molar refractivity (Wildman–Crippen MR) is 75.0 cm³/mol. The van der Waals surface area contributed by atoms with Crippen molar-refractivity contribution in [3.63, 3.8) is 0 Å². The first kappa shape index (κ1) is 15.0. The van der Waals surface area contributed by atoms with Gasteiger partial charge in [-0.05, 0) is 12.5 Å². The van der Waals surface area contributed by atoms with E-state index in [9.17, 15) is 18.0 Å². The minimum absolute atomic E-state index is 0.0567. The maximum absolute atomic E-state index is 12.6. The summed E-state index contributed by atoms with van der Waals surface area (Å²) in [5.41, 5.74) is 0.465. The molecule has 3 rings (SSSR count). The van der Waals surface area contributed by atoms with E-state index in [1.54, 1.807) is 16.6 Å². The van der Waals surface area contributed by atoms with Crippen LogP contribution in [0.5, 0.6) is 0 Å². The van der Waals surface area contributed by atoms with Crippen LogP contribution in [0.1, 0.15) is 16.8 Å². The average Bonchev–Trinajstić information content (AvgIpc) is 2.72. The number of aromatic nitrogens is 3. The number of hydrogen-bond acceptors (Lipinski definition) is 3. The van der Waals surface area contributed by atoms with Crippen molar-refractivity contribution < 1.29 is 13.2 Å². The molecule has 0 bridgehead atoms. The van der Waals surface area contributed by atoms with Gasteiger partial charge in [0, 0.05) is 25.4 Å². The molecule has 0 atom stereocenters. The van der Waals surface area contributed by atoms with Crippen molar-refractivity contribution in [1.29, 1.82) is 0 Å². The fourth-order valence-electron chi connectivity index (χ4n) is 2.59. The third-order valence-corrected chi connectivity index (χ3v) is 4.00. The SMILES string of the molecule is Cn1[nH]c(=O)c2c1CN(c1ncc(C(F)(F)F)cc1Cl)CC2. The van der Waals surface area contributed by atoms with Gasteiger partial charge in [0.15, 0.2) is 0 Å². The van der Waals surface area contributed by atoms with Gasteiger partial charge in [0.25, 0.3) is 5.56 Å². The highest BCUT2D eigenvalue weighted by Gasteiger charge is 2.32. The zero-order chi connectivity index (χ0) is 16.1. The molecule has 0 aliphatic carbocycles. The van der Waals surface area contributed by atoms with Crippen molar-refractivity contribution in [2.75, 3.05) is 11.4 Å². The van der Waals surface area contributed by atoms with Crippen molar-refractivity contribution in [2.45, 2.75) is 19.1 Å². The van der Waals surface area contributed by atoms with Gasteiger partial charge in [-0.2, -0.15) is 13.2 Å². The van der Waals surface area contributed by atoms with Crippen LogP contribution in [0, 0.1) is 0 Å². The normalized spacial score (nSPS) is 15.0. The van der Waals surface area contributed by atoms with E-state index in [1.165, 1.54) is 0 Å². The number of aromatic amines is 1. The Labute approximate surface area is 128 Å². The van der Waals surface area contributed by atoms with Crippen LogP contribution in [0.25, 0.3) is 0 Å². The van der Waals surface area contributed by atoms with Crippen LogP contribution in [-0.2, 0) is 26.2 Å². The Morgan fingerprint density at radius 2 is 2.14 bits per heavy atom. The molecule has 9 heteroatoms. The second kappa shape index (κ2) is 5.05. The van der Waals surface area contributed by atoms with E-state index in [1.807, 2.05) is 0 Å². The molecule has 0 spiro atoms. The van der Waals surface area contributed by atoms with Crippen LogP contribution < -0.4 is 10.5 Å². The topological polar surface area (TPSA) is 53.9 Å². The molecule has 0 amide bonds. The molecule has 0 radical (unpaired) electrons. The highest BCUT2D eigenvalue weighted by molar-refractivity contribution is 6.33. The Kier molecular flexibility index (Phi) is 3.43. The maximum atomic E-state index is 12.6. The van der Waals surface area contributed by atoms with Gasteiger partial charge in [-0.15, -0.1) is 0 Å². The van der Waals surface area contributed by atoms with E-state index >= 15 is 0 Å². The van der Waals surface area contributed by atoms with Gasteiger partial charge in [0.2, 0.25) is 0 Å². The second-order valence-corrected chi connectivity index (χ2v) is 5.53. The van der Waals surface area contributed by atoms with Crippen LogP contribution in [-0.4, -0.2) is 21.3 Å². The summed E-state index contributed by atoms with van der Waals surface area (Å²) >= 11 is 5.96. The van der Waals surface area contributed by atoms with Crippen molar-refractivity contribution in [1.82, 2.24) is 14.8 Å². The molecule has 0 aromatic carbocycles.